The monoisotopic (exact) mass is 461 g/mol. The van der Waals surface area contributed by atoms with E-state index in [0.717, 1.165) is 23.0 Å². The minimum Gasteiger partial charge on any atom is -0.464 e. The number of nitrogens with zero attached hydrogens (tertiary/aromatic N) is 4. The summed E-state index contributed by atoms with van der Waals surface area (Å²) < 4.78 is 7.57. The highest BCUT2D eigenvalue weighted by Gasteiger charge is 2.16. The third kappa shape index (κ3) is 7.56. The van der Waals surface area contributed by atoms with E-state index >= 15 is 0 Å². The van der Waals surface area contributed by atoms with Gasteiger partial charge in [0.15, 0.2) is 0 Å². The molecule has 1 unspecified atom stereocenters. The van der Waals surface area contributed by atoms with E-state index in [1.807, 2.05) is 6.92 Å². The normalized spacial score (nSPS) is 11.9. The zero-order valence-electron chi connectivity index (χ0n) is 19.4. The van der Waals surface area contributed by atoms with Crippen molar-refractivity contribution in [1.29, 1.82) is 0 Å². The van der Waals surface area contributed by atoms with Crippen LogP contribution in [-0.2, 0) is 30.0 Å². The topological polar surface area (TPSA) is 129 Å². The minimum atomic E-state index is -0.423. The summed E-state index contributed by atoms with van der Waals surface area (Å²) in [5, 5.41) is 13.9. The van der Waals surface area contributed by atoms with Crippen LogP contribution in [0.3, 0.4) is 0 Å². The van der Waals surface area contributed by atoms with Crippen molar-refractivity contribution < 1.29 is 14.5 Å². The summed E-state index contributed by atoms with van der Waals surface area (Å²) in [6, 6.07) is 7.83. The summed E-state index contributed by atoms with van der Waals surface area (Å²) in [4.78, 5) is 47.7. The Morgan fingerprint density at radius 1 is 1.18 bits per heavy atom. The summed E-state index contributed by atoms with van der Waals surface area (Å²) in [6.45, 7) is 5.34. The lowest BCUT2D eigenvalue weighted by atomic mass is 10.1. The number of anilines is 1. The van der Waals surface area contributed by atoms with E-state index in [9.17, 15) is 24.5 Å². The van der Waals surface area contributed by atoms with Crippen LogP contribution in [-0.4, -0.2) is 57.2 Å². The van der Waals surface area contributed by atoms with Crippen LogP contribution in [0.1, 0.15) is 25.8 Å². The second-order valence-corrected chi connectivity index (χ2v) is 7.91. The van der Waals surface area contributed by atoms with Crippen molar-refractivity contribution in [2.24, 2.45) is 14.1 Å². The molecule has 1 N–H and O–H groups in total. The van der Waals surface area contributed by atoms with Gasteiger partial charge in [-0.05, 0) is 31.9 Å². The number of non-ortho nitro benzene ring substituents is 1. The Labute approximate surface area is 191 Å². The average molecular weight is 462 g/mol. The van der Waals surface area contributed by atoms with Gasteiger partial charge in [-0.3, -0.25) is 33.7 Å². The Bertz CT molecular complexity index is 1080. The number of carbonyl (C=O) groups excluding carboxylic acids is 1. The highest BCUT2D eigenvalue weighted by Crippen LogP contribution is 2.14. The number of hydrogen-bond acceptors (Lipinski definition) is 8. The molecule has 11 heteroatoms. The fraction of sp³-hybridized carbons (Fsp3) is 0.500. The summed E-state index contributed by atoms with van der Waals surface area (Å²) >= 11 is 0. The smallest absolute Gasteiger partial charge is 0.332 e. The van der Waals surface area contributed by atoms with E-state index < -0.39 is 10.6 Å². The lowest BCUT2D eigenvalue weighted by Crippen LogP contribution is -2.41. The quantitative estimate of drug-likeness (QED) is 0.284. The number of nitro benzene ring substituents is 1. The first-order valence-corrected chi connectivity index (χ1v) is 10.7. The van der Waals surface area contributed by atoms with Crippen molar-refractivity contribution in [3.8, 4) is 0 Å². The molecule has 0 aliphatic rings. The van der Waals surface area contributed by atoms with Gasteiger partial charge in [0.25, 0.3) is 11.2 Å². The largest absolute Gasteiger partial charge is 0.464 e. The molecule has 33 heavy (non-hydrogen) atoms. The van der Waals surface area contributed by atoms with Crippen LogP contribution < -0.4 is 16.6 Å². The van der Waals surface area contributed by atoms with Gasteiger partial charge < -0.3 is 10.1 Å². The first-order valence-electron chi connectivity index (χ1n) is 10.7. The van der Waals surface area contributed by atoms with Gasteiger partial charge in [0, 0.05) is 58.3 Å². The van der Waals surface area contributed by atoms with Gasteiger partial charge in [-0.15, -0.1) is 0 Å². The molecule has 0 fully saturated rings. The molecule has 0 amide bonds. The number of aryl methyl sites for hydroxylation is 1. The van der Waals surface area contributed by atoms with E-state index in [-0.39, 0.29) is 29.9 Å². The van der Waals surface area contributed by atoms with Crippen LogP contribution in [0.25, 0.3) is 0 Å². The molecule has 11 nitrogen and oxygen atoms in total. The first kappa shape index (κ1) is 25.8. The molecule has 0 aliphatic heterocycles. The third-order valence-corrected chi connectivity index (χ3v) is 5.44. The number of rotatable bonds is 12. The fourth-order valence-electron chi connectivity index (χ4n) is 3.40. The maximum absolute atomic E-state index is 12.1. The van der Waals surface area contributed by atoms with Gasteiger partial charge in [-0.1, -0.05) is 12.1 Å². The molecule has 1 atom stereocenters. The first-order chi connectivity index (χ1) is 15.6. The van der Waals surface area contributed by atoms with Crippen molar-refractivity contribution >= 4 is 17.5 Å². The minimum absolute atomic E-state index is 0.0416. The Balaban J connectivity index is 1.98. The van der Waals surface area contributed by atoms with Crippen molar-refractivity contribution in [2.75, 3.05) is 31.6 Å². The van der Waals surface area contributed by atoms with E-state index in [4.69, 9.17) is 4.74 Å². The van der Waals surface area contributed by atoms with Crippen molar-refractivity contribution in [3.63, 3.8) is 0 Å². The SMILES string of the molecule is CC(=O)OCC(C)N(CCCc1ccc([N+](=O)[O-])cc1)CCNc1cc(=O)n(C)c(=O)n1C. The lowest BCUT2D eigenvalue weighted by molar-refractivity contribution is -0.384. The molecule has 1 heterocycles. The third-order valence-electron chi connectivity index (χ3n) is 5.44. The standard InChI is InChI=1S/C22H31N5O6/c1-16(15-33-17(2)28)26(12-5-6-18-7-9-19(10-8-18)27(31)32)13-11-23-20-14-21(29)25(4)22(30)24(20)3/h7-10,14,16,23H,5-6,11-13,15H2,1-4H3. The zero-order chi connectivity index (χ0) is 24.5. The van der Waals surface area contributed by atoms with E-state index in [0.29, 0.717) is 25.5 Å². The maximum Gasteiger partial charge on any atom is 0.332 e. The highest BCUT2D eigenvalue weighted by atomic mass is 16.6. The van der Waals surface area contributed by atoms with Crippen LogP contribution in [0.15, 0.2) is 39.9 Å². The number of ether oxygens (including phenoxy) is 1. The molecular weight excluding hydrogens is 430 g/mol. The van der Waals surface area contributed by atoms with Crippen LogP contribution in [0.2, 0.25) is 0 Å². The summed E-state index contributed by atoms with van der Waals surface area (Å²) in [5.41, 5.74) is 0.269. The number of benzene rings is 1. The van der Waals surface area contributed by atoms with Crippen LogP contribution in [0.4, 0.5) is 11.5 Å². The summed E-state index contributed by atoms with van der Waals surface area (Å²) in [6.07, 6.45) is 1.54. The number of esters is 1. The number of hydrogen-bond donors (Lipinski definition) is 1. The van der Waals surface area contributed by atoms with Crippen LogP contribution >= 0.6 is 0 Å². The molecule has 0 spiro atoms. The molecule has 0 aliphatic carbocycles. The van der Waals surface area contributed by atoms with Gasteiger partial charge in [-0.25, -0.2) is 4.79 Å². The second kappa shape index (κ2) is 12.0. The zero-order valence-corrected chi connectivity index (χ0v) is 19.4. The van der Waals surface area contributed by atoms with Crippen LogP contribution in [0.5, 0.6) is 0 Å². The van der Waals surface area contributed by atoms with E-state index in [1.165, 1.54) is 36.7 Å². The van der Waals surface area contributed by atoms with Gasteiger partial charge in [0.1, 0.15) is 12.4 Å². The molecule has 1 aromatic carbocycles. The van der Waals surface area contributed by atoms with E-state index in [2.05, 4.69) is 10.2 Å². The number of nitro groups is 1. The molecule has 0 radical (unpaired) electrons. The Morgan fingerprint density at radius 2 is 1.85 bits per heavy atom. The van der Waals surface area contributed by atoms with Gasteiger partial charge in [0.2, 0.25) is 0 Å². The Morgan fingerprint density at radius 3 is 2.45 bits per heavy atom. The number of nitrogens with one attached hydrogen (secondary N) is 1. The van der Waals surface area contributed by atoms with Gasteiger partial charge in [-0.2, -0.15) is 0 Å². The van der Waals surface area contributed by atoms with Crippen molar-refractivity contribution in [2.45, 2.75) is 32.7 Å². The van der Waals surface area contributed by atoms with Crippen molar-refractivity contribution in [1.82, 2.24) is 14.0 Å². The molecule has 180 valence electrons. The van der Waals surface area contributed by atoms with E-state index in [1.54, 1.807) is 19.2 Å². The molecule has 2 aromatic rings. The number of aromatic nitrogens is 2. The second-order valence-electron chi connectivity index (χ2n) is 7.91. The highest BCUT2D eigenvalue weighted by molar-refractivity contribution is 5.65. The predicted molar refractivity (Wildman–Crippen MR) is 124 cm³/mol. The fourth-order valence-corrected chi connectivity index (χ4v) is 3.40. The molecule has 1 aromatic heterocycles. The lowest BCUT2D eigenvalue weighted by Gasteiger charge is -2.29. The average Bonchev–Trinajstić information content (AvgIpc) is 2.78. The molecule has 0 saturated carbocycles. The molecule has 2 rings (SSSR count). The van der Waals surface area contributed by atoms with Crippen molar-refractivity contribution in [3.05, 3.63) is 66.8 Å². The van der Waals surface area contributed by atoms with Gasteiger partial charge >= 0.3 is 11.7 Å². The van der Waals surface area contributed by atoms with Crippen LogP contribution in [0, 0.1) is 10.1 Å². The summed E-state index contributed by atoms with van der Waals surface area (Å²) in [7, 11) is 3.02. The molecular formula is C22H31N5O6. The molecule has 0 saturated heterocycles. The maximum atomic E-state index is 12.1. The molecule has 0 bridgehead atoms. The van der Waals surface area contributed by atoms with Gasteiger partial charge in [0.05, 0.1) is 4.92 Å². The summed E-state index contributed by atoms with van der Waals surface area (Å²) in [5.74, 6) is 0.0857. The Kier molecular flexibility index (Phi) is 9.34. The number of carbonyl (C=O) groups is 1. The predicted octanol–water partition coefficient (Wildman–Crippen LogP) is 1.29. The Hall–Kier alpha value is -3.47.